The fourth-order valence-electron chi connectivity index (χ4n) is 1.29. The molecule has 0 bridgehead atoms. The molecular formula is C13H18ClF2NO. The van der Waals surface area contributed by atoms with Gasteiger partial charge in [-0.15, -0.1) is 0 Å². The predicted molar refractivity (Wildman–Crippen MR) is 69.5 cm³/mol. The van der Waals surface area contributed by atoms with Crippen LogP contribution in [0.25, 0.3) is 0 Å². The number of halogens is 3. The lowest BCUT2D eigenvalue weighted by Gasteiger charge is -2.20. The van der Waals surface area contributed by atoms with Crippen molar-refractivity contribution in [3.05, 3.63) is 28.8 Å². The van der Waals surface area contributed by atoms with Gasteiger partial charge in [0.25, 0.3) is 6.43 Å². The summed E-state index contributed by atoms with van der Waals surface area (Å²) in [5.41, 5.74) is 0.997. The molecule has 5 heteroatoms. The van der Waals surface area contributed by atoms with Gasteiger partial charge in [0.1, 0.15) is 12.4 Å². The van der Waals surface area contributed by atoms with E-state index in [2.05, 4.69) is 26.1 Å². The molecule has 0 amide bonds. The Balaban J connectivity index is 2.62. The third-order valence-corrected chi connectivity index (χ3v) is 2.48. The van der Waals surface area contributed by atoms with Crippen LogP contribution in [0.4, 0.5) is 8.78 Å². The van der Waals surface area contributed by atoms with Crippen molar-refractivity contribution in [1.29, 1.82) is 0 Å². The third-order valence-electron chi connectivity index (χ3n) is 2.18. The number of alkyl halides is 2. The molecule has 102 valence electrons. The molecule has 1 aromatic carbocycles. The Bertz CT molecular complexity index is 391. The van der Waals surface area contributed by atoms with Gasteiger partial charge in [0.05, 0.1) is 5.02 Å². The quantitative estimate of drug-likeness (QED) is 0.882. The van der Waals surface area contributed by atoms with E-state index >= 15 is 0 Å². The zero-order chi connectivity index (χ0) is 13.8. The van der Waals surface area contributed by atoms with Crippen molar-refractivity contribution < 1.29 is 13.5 Å². The molecule has 0 aliphatic heterocycles. The molecule has 0 aromatic heterocycles. The molecule has 0 spiro atoms. The van der Waals surface area contributed by atoms with E-state index in [9.17, 15) is 8.78 Å². The lowest BCUT2D eigenvalue weighted by molar-refractivity contribution is 0.0819. The highest BCUT2D eigenvalue weighted by Crippen LogP contribution is 2.26. The van der Waals surface area contributed by atoms with Crippen molar-refractivity contribution in [3.63, 3.8) is 0 Å². The average molecular weight is 278 g/mol. The van der Waals surface area contributed by atoms with Crippen LogP contribution in [0.15, 0.2) is 18.2 Å². The molecule has 0 unspecified atom stereocenters. The summed E-state index contributed by atoms with van der Waals surface area (Å²) in [6.45, 7) is 6.22. The fraction of sp³-hybridized carbons (Fsp3) is 0.538. The highest BCUT2D eigenvalue weighted by molar-refractivity contribution is 6.32. The Labute approximate surface area is 111 Å². The number of hydrogen-bond donors (Lipinski definition) is 1. The van der Waals surface area contributed by atoms with E-state index in [1.54, 1.807) is 12.1 Å². The summed E-state index contributed by atoms with van der Waals surface area (Å²) < 4.78 is 28.9. The topological polar surface area (TPSA) is 21.3 Å². The Morgan fingerprint density at radius 1 is 1.33 bits per heavy atom. The minimum absolute atomic E-state index is 0.0112. The van der Waals surface area contributed by atoms with Crippen molar-refractivity contribution in [2.75, 3.05) is 6.61 Å². The minimum atomic E-state index is -2.50. The predicted octanol–water partition coefficient (Wildman–Crippen LogP) is 3.87. The normalized spacial score (nSPS) is 11.9. The first-order valence-electron chi connectivity index (χ1n) is 5.72. The fourth-order valence-corrected chi connectivity index (χ4v) is 1.55. The van der Waals surface area contributed by atoms with Gasteiger partial charge in [-0.2, -0.15) is 0 Å². The molecule has 0 aliphatic carbocycles. The molecule has 0 radical (unpaired) electrons. The van der Waals surface area contributed by atoms with Crippen LogP contribution >= 0.6 is 11.6 Å². The van der Waals surface area contributed by atoms with Crippen LogP contribution in [0.3, 0.4) is 0 Å². The van der Waals surface area contributed by atoms with Crippen LogP contribution in [0.5, 0.6) is 5.75 Å². The van der Waals surface area contributed by atoms with Crippen LogP contribution < -0.4 is 10.1 Å². The van der Waals surface area contributed by atoms with Crippen molar-refractivity contribution in [2.24, 2.45) is 0 Å². The van der Waals surface area contributed by atoms with Gasteiger partial charge in [-0.05, 0) is 38.5 Å². The van der Waals surface area contributed by atoms with Crippen LogP contribution in [0.1, 0.15) is 26.3 Å². The number of nitrogens with one attached hydrogen (secondary N) is 1. The van der Waals surface area contributed by atoms with Gasteiger partial charge in [0.15, 0.2) is 0 Å². The molecule has 0 saturated carbocycles. The standard InChI is InChI=1S/C13H18ClF2NO/c1-13(2,3)17-7-9-4-5-11(10(14)6-9)18-8-12(15)16/h4-6,12,17H,7-8H2,1-3H3. The van der Waals surface area contributed by atoms with Crippen LogP contribution in [0, 0.1) is 0 Å². The van der Waals surface area contributed by atoms with E-state index in [0.29, 0.717) is 11.6 Å². The van der Waals surface area contributed by atoms with Crippen molar-refractivity contribution in [1.82, 2.24) is 5.32 Å². The zero-order valence-electron chi connectivity index (χ0n) is 10.8. The molecular weight excluding hydrogens is 260 g/mol. The average Bonchev–Trinajstić information content (AvgIpc) is 2.24. The van der Waals surface area contributed by atoms with Crippen LogP contribution in [-0.2, 0) is 6.54 Å². The summed E-state index contributed by atoms with van der Waals surface area (Å²) in [6.07, 6.45) is -2.50. The van der Waals surface area contributed by atoms with Gasteiger partial charge in [-0.25, -0.2) is 8.78 Å². The van der Waals surface area contributed by atoms with Crippen LogP contribution in [0.2, 0.25) is 5.02 Å². The van der Waals surface area contributed by atoms with Gasteiger partial charge >= 0.3 is 0 Å². The Morgan fingerprint density at radius 3 is 2.50 bits per heavy atom. The van der Waals surface area contributed by atoms with E-state index in [0.717, 1.165) is 5.56 Å². The molecule has 1 aromatic rings. The Hall–Kier alpha value is -0.870. The molecule has 0 heterocycles. The summed E-state index contributed by atoms with van der Waals surface area (Å²) in [5.74, 6) is 0.288. The summed E-state index contributed by atoms with van der Waals surface area (Å²) in [7, 11) is 0. The second kappa shape index (κ2) is 6.34. The van der Waals surface area contributed by atoms with Crippen molar-refractivity contribution in [3.8, 4) is 5.75 Å². The first-order valence-corrected chi connectivity index (χ1v) is 6.10. The Morgan fingerprint density at radius 2 is 2.00 bits per heavy atom. The maximum absolute atomic E-state index is 12.0. The Kier molecular flexibility index (Phi) is 5.35. The number of ether oxygens (including phenoxy) is 1. The molecule has 1 rings (SSSR count). The highest BCUT2D eigenvalue weighted by Gasteiger charge is 2.10. The number of hydrogen-bond acceptors (Lipinski definition) is 2. The minimum Gasteiger partial charge on any atom is -0.486 e. The lowest BCUT2D eigenvalue weighted by Crippen LogP contribution is -2.35. The summed E-state index contributed by atoms with van der Waals surface area (Å²) in [6, 6.07) is 5.15. The maximum atomic E-state index is 12.0. The second-order valence-corrected chi connectivity index (χ2v) is 5.48. The molecule has 0 atom stereocenters. The molecule has 0 aliphatic rings. The van der Waals surface area contributed by atoms with Gasteiger partial charge in [-0.1, -0.05) is 17.7 Å². The summed E-state index contributed by atoms with van der Waals surface area (Å²) in [4.78, 5) is 0. The second-order valence-electron chi connectivity index (χ2n) is 5.07. The van der Waals surface area contributed by atoms with Gasteiger partial charge in [-0.3, -0.25) is 0 Å². The first kappa shape index (κ1) is 15.2. The molecule has 0 fully saturated rings. The smallest absolute Gasteiger partial charge is 0.272 e. The van der Waals surface area contributed by atoms with Gasteiger partial charge in [0, 0.05) is 12.1 Å². The lowest BCUT2D eigenvalue weighted by atomic mass is 10.1. The maximum Gasteiger partial charge on any atom is 0.272 e. The molecule has 1 N–H and O–H groups in total. The van der Waals surface area contributed by atoms with E-state index in [1.807, 2.05) is 6.07 Å². The third kappa shape index (κ3) is 5.65. The largest absolute Gasteiger partial charge is 0.486 e. The van der Waals surface area contributed by atoms with Crippen molar-refractivity contribution >= 4 is 11.6 Å². The van der Waals surface area contributed by atoms with E-state index in [1.165, 1.54) is 0 Å². The van der Waals surface area contributed by atoms with Crippen LogP contribution in [-0.4, -0.2) is 18.6 Å². The van der Waals surface area contributed by atoms with E-state index in [-0.39, 0.29) is 11.3 Å². The summed E-state index contributed by atoms with van der Waals surface area (Å²) in [5, 5.41) is 3.67. The number of rotatable bonds is 5. The number of benzene rings is 1. The summed E-state index contributed by atoms with van der Waals surface area (Å²) >= 11 is 5.97. The first-order chi connectivity index (χ1) is 8.28. The molecule has 18 heavy (non-hydrogen) atoms. The van der Waals surface area contributed by atoms with E-state index < -0.39 is 13.0 Å². The SMILES string of the molecule is CC(C)(C)NCc1ccc(OCC(F)F)c(Cl)c1. The molecule has 2 nitrogen and oxygen atoms in total. The highest BCUT2D eigenvalue weighted by atomic mass is 35.5. The zero-order valence-corrected chi connectivity index (χ0v) is 11.5. The molecule has 0 saturated heterocycles. The monoisotopic (exact) mass is 277 g/mol. The van der Waals surface area contributed by atoms with Gasteiger partial charge < -0.3 is 10.1 Å². The van der Waals surface area contributed by atoms with E-state index in [4.69, 9.17) is 16.3 Å². The van der Waals surface area contributed by atoms with Crippen molar-refractivity contribution in [2.45, 2.75) is 39.3 Å². The van der Waals surface area contributed by atoms with Gasteiger partial charge in [0.2, 0.25) is 0 Å².